The van der Waals surface area contributed by atoms with Gasteiger partial charge >= 0.3 is 5.97 Å². The molecule has 3 saturated heterocycles. The van der Waals surface area contributed by atoms with E-state index in [4.69, 9.17) is 0 Å². The molecular formula is C18H27N3O4S. The van der Waals surface area contributed by atoms with Crippen LogP contribution in [0.4, 0.5) is 0 Å². The number of aliphatic carboxylic acids is 1. The van der Waals surface area contributed by atoms with E-state index in [1.807, 2.05) is 6.92 Å². The zero-order valence-electron chi connectivity index (χ0n) is 15.1. The summed E-state index contributed by atoms with van der Waals surface area (Å²) in [6.45, 7) is 6.59. The van der Waals surface area contributed by atoms with Gasteiger partial charge in [-0.05, 0) is 38.8 Å². The maximum Gasteiger partial charge on any atom is 0.353 e. The first kappa shape index (κ1) is 18.3. The highest BCUT2D eigenvalue weighted by Gasteiger charge is 2.60. The molecule has 4 aliphatic rings. The summed E-state index contributed by atoms with van der Waals surface area (Å²) in [5, 5.41) is 27.0. The first-order valence-electron chi connectivity index (χ1n) is 9.49. The molecule has 26 heavy (non-hydrogen) atoms. The van der Waals surface area contributed by atoms with Crippen molar-refractivity contribution in [1.29, 1.82) is 0 Å². The van der Waals surface area contributed by atoms with Crippen molar-refractivity contribution in [2.45, 2.75) is 50.1 Å². The van der Waals surface area contributed by atoms with Gasteiger partial charge in [-0.1, -0.05) is 6.92 Å². The van der Waals surface area contributed by atoms with Gasteiger partial charge in [0, 0.05) is 28.7 Å². The van der Waals surface area contributed by atoms with Crippen molar-refractivity contribution in [1.82, 2.24) is 15.5 Å². The number of hydrogen-bond donors (Lipinski definition) is 4. The zero-order chi connectivity index (χ0) is 18.6. The number of carboxylic acids is 1. The largest absolute Gasteiger partial charge is 0.477 e. The minimum Gasteiger partial charge on any atom is -0.477 e. The molecule has 0 radical (unpaired) electrons. The minimum absolute atomic E-state index is 0.0457. The van der Waals surface area contributed by atoms with Crippen LogP contribution in [0.1, 0.15) is 26.7 Å². The van der Waals surface area contributed by atoms with Crippen LogP contribution < -0.4 is 10.6 Å². The van der Waals surface area contributed by atoms with Crippen LogP contribution in [0.2, 0.25) is 0 Å². The number of aliphatic hydroxyl groups is 1. The van der Waals surface area contributed by atoms with Crippen molar-refractivity contribution < 1.29 is 19.8 Å². The minimum atomic E-state index is -1.04. The fourth-order valence-electron chi connectivity index (χ4n) is 5.06. The van der Waals surface area contributed by atoms with E-state index in [1.54, 1.807) is 18.7 Å². The maximum atomic E-state index is 12.4. The highest BCUT2D eigenvalue weighted by molar-refractivity contribution is 8.03. The molecule has 0 saturated carbocycles. The van der Waals surface area contributed by atoms with E-state index < -0.39 is 18.0 Å². The summed E-state index contributed by atoms with van der Waals surface area (Å²) in [7, 11) is 0. The van der Waals surface area contributed by atoms with E-state index in [0.29, 0.717) is 17.2 Å². The number of nitrogens with one attached hydrogen (secondary N) is 2. The lowest BCUT2D eigenvalue weighted by molar-refractivity contribution is -0.163. The number of β-lactam (4-membered cyclic amide) rings is 1. The fourth-order valence-corrected chi connectivity index (χ4v) is 6.55. The van der Waals surface area contributed by atoms with E-state index in [9.17, 15) is 19.8 Å². The number of hydrogen-bond acceptors (Lipinski definition) is 6. The molecule has 144 valence electrons. The molecule has 0 aromatic rings. The van der Waals surface area contributed by atoms with Gasteiger partial charge in [-0.15, -0.1) is 11.8 Å². The Kier molecular flexibility index (Phi) is 4.79. The third-order valence-electron chi connectivity index (χ3n) is 6.40. The normalized spacial score (nSPS) is 40.7. The summed E-state index contributed by atoms with van der Waals surface area (Å²) in [5.74, 6) is -1.19. The third kappa shape index (κ3) is 2.78. The van der Waals surface area contributed by atoms with Gasteiger partial charge in [0.2, 0.25) is 5.91 Å². The number of thioether (sulfide) groups is 1. The van der Waals surface area contributed by atoms with Crippen molar-refractivity contribution in [2.24, 2.45) is 17.8 Å². The van der Waals surface area contributed by atoms with E-state index in [0.717, 1.165) is 31.0 Å². The van der Waals surface area contributed by atoms with Gasteiger partial charge < -0.3 is 25.7 Å². The molecule has 0 aliphatic carbocycles. The Bertz CT molecular complexity index is 646. The van der Waals surface area contributed by atoms with Crippen molar-refractivity contribution in [2.75, 3.05) is 19.6 Å². The molecule has 0 aromatic heterocycles. The molecule has 3 fully saturated rings. The smallest absolute Gasteiger partial charge is 0.353 e. The van der Waals surface area contributed by atoms with Gasteiger partial charge in [0.05, 0.1) is 18.1 Å². The molecular weight excluding hydrogens is 354 g/mol. The summed E-state index contributed by atoms with van der Waals surface area (Å²) >= 11 is 1.63. The quantitative estimate of drug-likeness (QED) is 0.505. The topological polar surface area (TPSA) is 102 Å². The van der Waals surface area contributed by atoms with Gasteiger partial charge in [0.15, 0.2) is 0 Å². The van der Waals surface area contributed by atoms with E-state index in [-0.39, 0.29) is 23.6 Å². The van der Waals surface area contributed by atoms with Crippen LogP contribution in [-0.4, -0.2) is 70.1 Å². The number of carboxylic acid groups (broad SMARTS) is 1. The van der Waals surface area contributed by atoms with E-state index >= 15 is 0 Å². The van der Waals surface area contributed by atoms with Gasteiger partial charge in [-0.3, -0.25) is 4.79 Å². The van der Waals surface area contributed by atoms with Crippen molar-refractivity contribution in [3.05, 3.63) is 10.6 Å². The molecule has 4 aliphatic heterocycles. The van der Waals surface area contributed by atoms with Crippen LogP contribution in [-0.2, 0) is 9.59 Å². The lowest BCUT2D eigenvalue weighted by Gasteiger charge is -2.46. The summed E-state index contributed by atoms with van der Waals surface area (Å²) < 4.78 is 0. The molecule has 0 unspecified atom stereocenters. The van der Waals surface area contributed by atoms with Crippen LogP contribution in [0.15, 0.2) is 10.6 Å². The molecule has 0 spiro atoms. The van der Waals surface area contributed by atoms with Gasteiger partial charge in [0.25, 0.3) is 0 Å². The highest BCUT2D eigenvalue weighted by Crippen LogP contribution is 2.52. The standard InChI is InChI=1S/C18H27N3O4S/c1-8-14-13(9(2)22)17(23)21(14)15(18(24)25)16(8)26-11-5-12(20-7-11)10-3-4-19-6-10/h8-14,19-20,22H,3-7H2,1-2H3,(H,24,25)/t8-,9-,10-,11+,12+,13-,14-/m1/s1. The van der Waals surface area contributed by atoms with E-state index in [1.165, 1.54) is 11.3 Å². The number of aliphatic hydroxyl groups excluding tert-OH is 1. The molecule has 7 nitrogen and oxygen atoms in total. The molecule has 0 bridgehead atoms. The van der Waals surface area contributed by atoms with Crippen LogP contribution in [0, 0.1) is 17.8 Å². The summed E-state index contributed by atoms with van der Waals surface area (Å²) in [6.07, 6.45) is 1.46. The Morgan fingerprint density at radius 1 is 1.38 bits per heavy atom. The first-order chi connectivity index (χ1) is 12.4. The second-order valence-electron chi connectivity index (χ2n) is 8.02. The molecule has 4 N–H and O–H groups in total. The average molecular weight is 381 g/mol. The highest BCUT2D eigenvalue weighted by atomic mass is 32.2. The monoisotopic (exact) mass is 381 g/mol. The first-order valence-corrected chi connectivity index (χ1v) is 10.4. The van der Waals surface area contributed by atoms with Crippen LogP contribution in [0.3, 0.4) is 0 Å². The number of carbonyl (C=O) groups is 2. The molecule has 8 heteroatoms. The SMILES string of the molecule is C[C@@H](O)[C@H]1C(=O)N2C(C(=O)O)=C(S[C@@H]3CN[C@H]([C@@H]4CCNC4)C3)[C@H](C)[C@H]12. The Morgan fingerprint density at radius 2 is 2.15 bits per heavy atom. The molecule has 0 aromatic carbocycles. The molecule has 1 amide bonds. The Labute approximate surface area is 157 Å². The lowest BCUT2D eigenvalue weighted by Crippen LogP contribution is -2.63. The van der Waals surface area contributed by atoms with Crippen LogP contribution in [0.25, 0.3) is 0 Å². The second kappa shape index (κ2) is 6.82. The zero-order valence-corrected chi connectivity index (χ0v) is 16.0. The van der Waals surface area contributed by atoms with Gasteiger partial charge in [0.1, 0.15) is 5.70 Å². The van der Waals surface area contributed by atoms with Crippen molar-refractivity contribution in [3.8, 4) is 0 Å². The number of carbonyl (C=O) groups excluding carboxylic acids is 1. The Morgan fingerprint density at radius 3 is 2.77 bits per heavy atom. The Hall–Kier alpha value is -1.09. The number of amides is 1. The maximum absolute atomic E-state index is 12.4. The third-order valence-corrected chi connectivity index (χ3v) is 7.91. The average Bonchev–Trinajstić information content (AvgIpc) is 3.28. The lowest BCUT2D eigenvalue weighted by atomic mass is 9.79. The predicted octanol–water partition coefficient (Wildman–Crippen LogP) is 0.213. The summed E-state index contributed by atoms with van der Waals surface area (Å²) in [6, 6.07) is 0.261. The number of fused-ring (bicyclic) bond motifs is 1. The molecule has 4 rings (SSSR count). The fraction of sp³-hybridized carbons (Fsp3) is 0.778. The van der Waals surface area contributed by atoms with Gasteiger partial charge in [-0.25, -0.2) is 4.79 Å². The Balaban J connectivity index is 1.50. The predicted molar refractivity (Wildman–Crippen MR) is 98.4 cm³/mol. The summed E-state index contributed by atoms with van der Waals surface area (Å²) in [4.78, 5) is 26.5. The van der Waals surface area contributed by atoms with Crippen molar-refractivity contribution >= 4 is 23.6 Å². The summed E-state index contributed by atoms with van der Waals surface area (Å²) in [5.41, 5.74) is 0.139. The number of rotatable bonds is 5. The molecule has 7 atom stereocenters. The second-order valence-corrected chi connectivity index (χ2v) is 9.36. The van der Waals surface area contributed by atoms with Crippen molar-refractivity contribution in [3.63, 3.8) is 0 Å². The molecule has 4 heterocycles. The van der Waals surface area contributed by atoms with Crippen LogP contribution >= 0.6 is 11.8 Å². The van der Waals surface area contributed by atoms with Crippen LogP contribution in [0.5, 0.6) is 0 Å². The van der Waals surface area contributed by atoms with E-state index in [2.05, 4.69) is 10.6 Å². The van der Waals surface area contributed by atoms with Gasteiger partial charge in [-0.2, -0.15) is 0 Å². The number of nitrogens with zero attached hydrogens (tertiary/aromatic N) is 1.